The van der Waals surface area contributed by atoms with Crippen LogP contribution in [0.1, 0.15) is 20.3 Å². The van der Waals surface area contributed by atoms with E-state index in [2.05, 4.69) is 22.5 Å². The van der Waals surface area contributed by atoms with Crippen LogP contribution in [0.25, 0.3) is 0 Å². The molecule has 0 aliphatic carbocycles. The van der Waals surface area contributed by atoms with Crippen LogP contribution in [0, 0.1) is 0 Å². The van der Waals surface area contributed by atoms with E-state index in [1.165, 1.54) is 6.92 Å². The molecule has 0 saturated heterocycles. The van der Waals surface area contributed by atoms with Crippen molar-refractivity contribution in [2.45, 2.75) is 20.3 Å². The van der Waals surface area contributed by atoms with Crippen LogP contribution >= 0.6 is 0 Å². The van der Waals surface area contributed by atoms with Crippen molar-refractivity contribution in [1.29, 1.82) is 0 Å². The molecule has 5 nitrogen and oxygen atoms in total. The van der Waals surface area contributed by atoms with E-state index < -0.39 is 0 Å². The van der Waals surface area contributed by atoms with Crippen LogP contribution in [0.15, 0.2) is 4.99 Å². The van der Waals surface area contributed by atoms with Gasteiger partial charge in [-0.1, -0.05) is 6.92 Å². The van der Waals surface area contributed by atoms with E-state index in [0.29, 0.717) is 0 Å². The average Bonchev–Trinajstić information content (AvgIpc) is 2.02. The zero-order valence-corrected chi connectivity index (χ0v) is 8.26. The molecule has 0 aromatic carbocycles. The van der Waals surface area contributed by atoms with Gasteiger partial charge in [0.2, 0.25) is 5.91 Å². The molecular weight excluding hydrogens is 168 g/mol. The van der Waals surface area contributed by atoms with Crippen LogP contribution in [0.3, 0.4) is 0 Å². The van der Waals surface area contributed by atoms with Gasteiger partial charge in [-0.25, -0.2) is 0 Å². The van der Waals surface area contributed by atoms with Crippen molar-refractivity contribution < 1.29 is 4.79 Å². The van der Waals surface area contributed by atoms with E-state index >= 15 is 0 Å². The second-order valence-electron chi connectivity index (χ2n) is 2.65. The van der Waals surface area contributed by atoms with Gasteiger partial charge in [0.15, 0.2) is 5.96 Å². The third kappa shape index (κ3) is 8.81. The smallest absolute Gasteiger partial charge is 0.245 e. The normalized spacial score (nSPS) is 11.4. The van der Waals surface area contributed by atoms with Gasteiger partial charge in [0, 0.05) is 13.5 Å². The summed E-state index contributed by atoms with van der Waals surface area (Å²) in [5, 5.41) is 6.01. The number of hydrogen-bond acceptors (Lipinski definition) is 2. The predicted octanol–water partition coefficient (Wildman–Crippen LogP) is -0.563. The summed E-state index contributed by atoms with van der Waals surface area (Å²) < 4.78 is 0. The Labute approximate surface area is 78.8 Å². The van der Waals surface area contributed by atoms with Crippen LogP contribution in [0.5, 0.6) is 0 Å². The standard InChI is InChI=1S/C8H18N4O/c1-3-10-5-4-6-11-8(9)12-7(2)13/h10H,3-6H2,1-2H3,(H3,9,11,12,13). The number of rotatable bonds is 5. The Morgan fingerprint density at radius 2 is 2.15 bits per heavy atom. The van der Waals surface area contributed by atoms with Crippen LogP contribution in [-0.2, 0) is 4.79 Å². The van der Waals surface area contributed by atoms with Crippen molar-refractivity contribution >= 4 is 11.9 Å². The summed E-state index contributed by atoms with van der Waals surface area (Å²) in [5.74, 6) is -0.0827. The van der Waals surface area contributed by atoms with Crippen molar-refractivity contribution in [3.63, 3.8) is 0 Å². The monoisotopic (exact) mass is 186 g/mol. The fourth-order valence-corrected chi connectivity index (χ4v) is 0.816. The number of aliphatic imine (C=N–C) groups is 1. The predicted molar refractivity (Wildman–Crippen MR) is 53.5 cm³/mol. The van der Waals surface area contributed by atoms with E-state index in [4.69, 9.17) is 5.73 Å². The summed E-state index contributed by atoms with van der Waals surface area (Å²) in [6.45, 7) is 6.07. The second-order valence-corrected chi connectivity index (χ2v) is 2.65. The van der Waals surface area contributed by atoms with Crippen LogP contribution < -0.4 is 16.4 Å². The molecule has 0 spiro atoms. The minimum atomic E-state index is -0.281. The van der Waals surface area contributed by atoms with Crippen LogP contribution in [0.4, 0.5) is 0 Å². The molecule has 0 aromatic rings. The Kier molecular flexibility index (Phi) is 6.91. The van der Waals surface area contributed by atoms with Gasteiger partial charge in [0.25, 0.3) is 0 Å². The molecular formula is C8H18N4O. The van der Waals surface area contributed by atoms with E-state index in [1.54, 1.807) is 0 Å². The van der Waals surface area contributed by atoms with Gasteiger partial charge in [0.1, 0.15) is 0 Å². The first-order valence-corrected chi connectivity index (χ1v) is 4.46. The average molecular weight is 186 g/mol. The molecule has 76 valence electrons. The Morgan fingerprint density at radius 1 is 1.46 bits per heavy atom. The van der Waals surface area contributed by atoms with Crippen molar-refractivity contribution in [3.8, 4) is 0 Å². The zero-order valence-electron chi connectivity index (χ0n) is 8.26. The molecule has 1 amide bonds. The highest BCUT2D eigenvalue weighted by Gasteiger charge is 1.92. The Morgan fingerprint density at radius 3 is 2.69 bits per heavy atom. The Balaban J connectivity index is 3.37. The Hall–Kier alpha value is -1.10. The summed E-state index contributed by atoms with van der Waals surface area (Å²) in [5.41, 5.74) is 5.39. The molecule has 0 heterocycles. The molecule has 0 fully saturated rings. The SMILES string of the molecule is CCNCCCN/C(N)=N\C(C)=O. The number of amides is 1. The van der Waals surface area contributed by atoms with Gasteiger partial charge in [-0.05, 0) is 19.5 Å². The lowest BCUT2D eigenvalue weighted by atomic mass is 10.4. The molecule has 4 N–H and O–H groups in total. The van der Waals surface area contributed by atoms with Gasteiger partial charge in [-0.2, -0.15) is 4.99 Å². The summed E-state index contributed by atoms with van der Waals surface area (Å²) in [6.07, 6.45) is 0.960. The molecule has 0 aliphatic heterocycles. The molecule has 0 aliphatic rings. The molecule has 0 rings (SSSR count). The molecule has 0 aromatic heterocycles. The van der Waals surface area contributed by atoms with Crippen molar-refractivity contribution in [2.24, 2.45) is 10.7 Å². The van der Waals surface area contributed by atoms with Gasteiger partial charge < -0.3 is 16.4 Å². The molecule has 0 saturated carbocycles. The molecule has 5 heteroatoms. The molecule has 0 unspecified atom stereocenters. The highest BCUT2D eigenvalue weighted by atomic mass is 16.1. The number of nitrogens with two attached hydrogens (primary N) is 1. The number of carbonyl (C=O) groups excluding carboxylic acids is 1. The lowest BCUT2D eigenvalue weighted by Gasteiger charge is -2.04. The minimum Gasteiger partial charge on any atom is -0.370 e. The van der Waals surface area contributed by atoms with Gasteiger partial charge in [-0.15, -0.1) is 0 Å². The third-order valence-corrected chi connectivity index (χ3v) is 1.36. The number of nitrogens with zero attached hydrogens (tertiary/aromatic N) is 1. The summed E-state index contributed by atoms with van der Waals surface area (Å²) in [4.78, 5) is 14.0. The molecule has 0 radical (unpaired) electrons. The first kappa shape index (κ1) is 11.9. The highest BCUT2D eigenvalue weighted by Crippen LogP contribution is 1.74. The fourth-order valence-electron chi connectivity index (χ4n) is 0.816. The van der Waals surface area contributed by atoms with Crippen molar-refractivity contribution in [1.82, 2.24) is 10.6 Å². The summed E-state index contributed by atoms with van der Waals surface area (Å²) in [7, 11) is 0. The first-order chi connectivity index (χ1) is 6.16. The number of nitrogens with one attached hydrogen (secondary N) is 2. The second kappa shape index (κ2) is 7.54. The topological polar surface area (TPSA) is 79.5 Å². The lowest BCUT2D eigenvalue weighted by Crippen LogP contribution is -2.34. The van der Waals surface area contributed by atoms with E-state index in [9.17, 15) is 4.79 Å². The van der Waals surface area contributed by atoms with E-state index in [1.807, 2.05) is 0 Å². The van der Waals surface area contributed by atoms with Gasteiger partial charge in [-0.3, -0.25) is 4.79 Å². The maximum atomic E-state index is 10.5. The zero-order chi connectivity index (χ0) is 10.1. The number of hydrogen-bond donors (Lipinski definition) is 3. The molecule has 0 bridgehead atoms. The fraction of sp³-hybridized carbons (Fsp3) is 0.750. The van der Waals surface area contributed by atoms with Gasteiger partial charge in [0.05, 0.1) is 0 Å². The lowest BCUT2D eigenvalue weighted by molar-refractivity contribution is -0.115. The first-order valence-electron chi connectivity index (χ1n) is 4.46. The highest BCUT2D eigenvalue weighted by molar-refractivity contribution is 5.91. The summed E-state index contributed by atoms with van der Waals surface area (Å²) >= 11 is 0. The Bertz CT molecular complexity index is 179. The van der Waals surface area contributed by atoms with Crippen molar-refractivity contribution in [2.75, 3.05) is 19.6 Å². The summed E-state index contributed by atoms with van der Waals surface area (Å²) in [6, 6.07) is 0. The van der Waals surface area contributed by atoms with E-state index in [0.717, 1.165) is 26.1 Å². The minimum absolute atomic E-state index is 0.198. The van der Waals surface area contributed by atoms with Crippen LogP contribution in [0.2, 0.25) is 0 Å². The maximum absolute atomic E-state index is 10.5. The number of carbonyl (C=O) groups is 1. The number of guanidine groups is 1. The third-order valence-electron chi connectivity index (χ3n) is 1.36. The van der Waals surface area contributed by atoms with Gasteiger partial charge >= 0.3 is 0 Å². The van der Waals surface area contributed by atoms with Crippen LogP contribution in [-0.4, -0.2) is 31.5 Å². The maximum Gasteiger partial charge on any atom is 0.245 e. The largest absolute Gasteiger partial charge is 0.370 e. The quantitative estimate of drug-likeness (QED) is 0.305. The molecule has 13 heavy (non-hydrogen) atoms. The molecule has 0 atom stereocenters. The van der Waals surface area contributed by atoms with E-state index in [-0.39, 0.29) is 11.9 Å². The van der Waals surface area contributed by atoms with Crippen molar-refractivity contribution in [3.05, 3.63) is 0 Å².